The zero-order valence-corrected chi connectivity index (χ0v) is 45.7. The average Bonchev–Trinajstić information content (AvgIpc) is 3.36. The van der Waals surface area contributed by atoms with E-state index < -0.39 is 6.10 Å². The van der Waals surface area contributed by atoms with Crippen LogP contribution in [-0.4, -0.2) is 36.4 Å². The largest absolute Gasteiger partial charge is 0.462 e. The van der Waals surface area contributed by atoms with Crippen molar-refractivity contribution in [2.24, 2.45) is 0 Å². The second-order valence-electron chi connectivity index (χ2n) is 19.3. The minimum Gasteiger partial charge on any atom is -0.462 e. The highest BCUT2D eigenvalue weighted by molar-refractivity contribution is 5.70. The quantitative estimate of drug-likeness (QED) is 0.0373. The van der Waals surface area contributed by atoms with Gasteiger partial charge in [-0.05, 0) is 96.3 Å². The molecule has 0 aromatic rings. The summed E-state index contributed by atoms with van der Waals surface area (Å²) in [4.78, 5) is 24.5. The maximum atomic E-state index is 12.3. The maximum absolute atomic E-state index is 12.3. The number of rotatable bonds is 53. The number of hydrogen-bond acceptors (Lipinski definition) is 5. The van der Waals surface area contributed by atoms with Gasteiger partial charge in [0.1, 0.15) is 6.61 Å². The lowest BCUT2D eigenvalue weighted by Crippen LogP contribution is -2.28. The van der Waals surface area contributed by atoms with E-state index in [1.165, 1.54) is 161 Å². The fraction of sp³-hybridized carbons (Fsp3) is 0.692. The lowest BCUT2D eigenvalue weighted by atomic mass is 10.0. The summed E-state index contributed by atoms with van der Waals surface area (Å²) in [5.74, 6) is -0.658. The molecule has 400 valence electrons. The van der Waals surface area contributed by atoms with Crippen molar-refractivity contribution in [3.63, 3.8) is 0 Å². The Morgan fingerprint density at radius 3 is 0.971 bits per heavy atom. The average molecular weight is 972 g/mol. The Morgan fingerprint density at radius 1 is 0.343 bits per heavy atom. The molecule has 0 heterocycles. The number of hydrogen-bond donors (Lipinski definition) is 1. The van der Waals surface area contributed by atoms with Gasteiger partial charge in [-0.15, -0.1) is 0 Å². The van der Waals surface area contributed by atoms with E-state index in [-0.39, 0.29) is 31.6 Å². The second kappa shape index (κ2) is 59.9. The fourth-order valence-corrected chi connectivity index (χ4v) is 8.16. The Balaban J connectivity index is 3.53. The van der Waals surface area contributed by atoms with Crippen molar-refractivity contribution in [1.29, 1.82) is 0 Å². The van der Waals surface area contributed by atoms with Crippen molar-refractivity contribution in [1.82, 2.24) is 0 Å². The molecule has 5 heteroatoms. The molecule has 0 aromatic carbocycles. The van der Waals surface area contributed by atoms with Gasteiger partial charge in [0.15, 0.2) is 6.10 Å². The van der Waals surface area contributed by atoms with Gasteiger partial charge in [-0.25, -0.2) is 0 Å². The molecule has 0 amide bonds. The normalized spacial score (nSPS) is 13.0. The smallest absolute Gasteiger partial charge is 0.306 e. The zero-order valence-electron chi connectivity index (χ0n) is 45.7. The van der Waals surface area contributed by atoms with E-state index in [4.69, 9.17) is 9.47 Å². The Bertz CT molecular complexity index is 1380. The van der Waals surface area contributed by atoms with E-state index in [2.05, 4.69) is 123 Å². The first-order valence-corrected chi connectivity index (χ1v) is 29.4. The summed E-state index contributed by atoms with van der Waals surface area (Å²) >= 11 is 0. The maximum Gasteiger partial charge on any atom is 0.306 e. The molecule has 0 spiro atoms. The molecule has 0 saturated heterocycles. The molecule has 70 heavy (non-hydrogen) atoms. The van der Waals surface area contributed by atoms with Crippen LogP contribution in [0.4, 0.5) is 0 Å². The van der Waals surface area contributed by atoms with Crippen LogP contribution in [0.5, 0.6) is 0 Å². The van der Waals surface area contributed by atoms with Gasteiger partial charge >= 0.3 is 11.9 Å². The predicted octanol–water partition coefficient (Wildman–Crippen LogP) is 20.1. The molecule has 0 saturated carbocycles. The Hall–Kier alpha value is -3.44. The minimum absolute atomic E-state index is 0.0931. The van der Waals surface area contributed by atoms with Gasteiger partial charge in [0.25, 0.3) is 0 Å². The van der Waals surface area contributed by atoms with Crippen molar-refractivity contribution in [2.75, 3.05) is 13.2 Å². The van der Waals surface area contributed by atoms with Gasteiger partial charge in [-0.3, -0.25) is 9.59 Å². The first-order chi connectivity index (χ1) is 34.6. The first-order valence-electron chi connectivity index (χ1n) is 29.4. The Labute approximate surface area is 433 Å². The highest BCUT2D eigenvalue weighted by Gasteiger charge is 2.16. The third kappa shape index (κ3) is 57.1. The Kier molecular flexibility index (Phi) is 56.9. The summed E-state index contributed by atoms with van der Waals surface area (Å²) < 4.78 is 10.7. The number of aliphatic hydroxyl groups is 1. The summed E-state index contributed by atoms with van der Waals surface area (Å²) in [6, 6.07) is 0. The third-order valence-corrected chi connectivity index (χ3v) is 12.6. The van der Waals surface area contributed by atoms with Crippen LogP contribution < -0.4 is 0 Å². The van der Waals surface area contributed by atoms with E-state index in [1.807, 2.05) is 0 Å². The molecule has 1 atom stereocenters. The van der Waals surface area contributed by atoms with Gasteiger partial charge in [-0.2, -0.15) is 0 Å². The van der Waals surface area contributed by atoms with E-state index in [0.717, 1.165) is 77.0 Å². The molecule has 0 aliphatic rings. The van der Waals surface area contributed by atoms with Crippen LogP contribution >= 0.6 is 0 Å². The van der Waals surface area contributed by atoms with Crippen LogP contribution in [0.3, 0.4) is 0 Å². The lowest BCUT2D eigenvalue weighted by Gasteiger charge is -2.15. The molecular formula is C65H110O5. The number of allylic oxidation sites excluding steroid dienone is 18. The van der Waals surface area contributed by atoms with Gasteiger partial charge in [0.05, 0.1) is 6.61 Å². The predicted molar refractivity (Wildman–Crippen MR) is 306 cm³/mol. The minimum atomic E-state index is -0.809. The molecule has 0 rings (SSSR count). The lowest BCUT2D eigenvalue weighted by molar-refractivity contribution is -0.161. The van der Waals surface area contributed by atoms with E-state index >= 15 is 0 Å². The standard InChI is InChI=1S/C65H110O5/c1-3-5-7-9-11-13-15-17-19-21-23-25-27-28-29-30-31-32-33-34-35-36-38-39-41-43-45-47-49-51-53-55-57-59-64(67)69-62-63(61-66)70-65(68)60-58-56-54-52-50-48-46-44-42-40-37-26-24-22-20-18-16-14-12-10-8-6-4-2/h6,8,12,14-15,17-18,20-21,23-24,26,40,42,46,48,52,54,63,66H,3-5,7,9-11,13,16,19,22,25,27-39,41,43-45,47,49-51,53,55-62H2,1-2H3/b8-6-,14-12-,17-15-,20-18-,23-21-,26-24-,42-40-,48-46-,54-52-. The van der Waals surface area contributed by atoms with E-state index in [0.29, 0.717) is 12.8 Å². The zero-order chi connectivity index (χ0) is 50.6. The molecule has 0 aromatic heterocycles. The fourth-order valence-electron chi connectivity index (χ4n) is 8.16. The second-order valence-corrected chi connectivity index (χ2v) is 19.3. The number of ether oxygens (including phenoxy) is 2. The van der Waals surface area contributed by atoms with Gasteiger partial charge in [0, 0.05) is 12.8 Å². The van der Waals surface area contributed by atoms with Crippen LogP contribution in [0.25, 0.3) is 0 Å². The van der Waals surface area contributed by atoms with Crippen LogP contribution in [0.15, 0.2) is 109 Å². The van der Waals surface area contributed by atoms with Crippen LogP contribution in [0, 0.1) is 0 Å². The van der Waals surface area contributed by atoms with Crippen molar-refractivity contribution >= 4 is 11.9 Å². The number of aliphatic hydroxyl groups excluding tert-OH is 1. The van der Waals surface area contributed by atoms with Gasteiger partial charge in [0.2, 0.25) is 0 Å². The monoisotopic (exact) mass is 971 g/mol. The van der Waals surface area contributed by atoms with Gasteiger partial charge < -0.3 is 14.6 Å². The molecule has 0 aliphatic heterocycles. The molecule has 0 fully saturated rings. The number of carbonyl (C=O) groups excluding carboxylic acids is 2. The number of esters is 2. The van der Waals surface area contributed by atoms with Crippen molar-refractivity contribution in [2.45, 2.75) is 277 Å². The summed E-state index contributed by atoms with van der Waals surface area (Å²) in [5.41, 5.74) is 0. The molecular weight excluding hydrogens is 861 g/mol. The van der Waals surface area contributed by atoms with Crippen LogP contribution in [0.1, 0.15) is 271 Å². The molecule has 5 nitrogen and oxygen atoms in total. The molecule has 1 N–H and O–H groups in total. The van der Waals surface area contributed by atoms with Crippen LogP contribution in [0.2, 0.25) is 0 Å². The van der Waals surface area contributed by atoms with Crippen molar-refractivity contribution in [3.8, 4) is 0 Å². The summed E-state index contributed by atoms with van der Waals surface area (Å²) in [6.45, 7) is 3.98. The van der Waals surface area contributed by atoms with Gasteiger partial charge in [-0.1, -0.05) is 271 Å². The Morgan fingerprint density at radius 2 is 0.629 bits per heavy atom. The molecule has 0 radical (unpaired) electrons. The molecule has 1 unspecified atom stereocenters. The topological polar surface area (TPSA) is 72.8 Å². The van der Waals surface area contributed by atoms with Crippen molar-refractivity contribution in [3.05, 3.63) is 109 Å². The third-order valence-electron chi connectivity index (χ3n) is 12.6. The number of unbranched alkanes of at least 4 members (excludes halogenated alkanes) is 27. The highest BCUT2D eigenvalue weighted by atomic mass is 16.6. The summed E-state index contributed by atoms with van der Waals surface area (Å²) in [7, 11) is 0. The summed E-state index contributed by atoms with van der Waals surface area (Å²) in [5, 5.41) is 9.64. The van der Waals surface area contributed by atoms with E-state index in [9.17, 15) is 14.7 Å². The SMILES string of the molecule is CC/C=C\C/C=C\C/C=C\C/C=C\C/C=C\C/C=C\C/C=C\CCCC(=O)OC(CO)COC(=O)CCCCCCCCCCCCCCCCCCCCCCC/C=C\C/C=C\CCCCCCC. The highest BCUT2D eigenvalue weighted by Crippen LogP contribution is 2.16. The number of carbonyl (C=O) groups is 2. The first kappa shape index (κ1) is 66.6. The molecule has 0 bridgehead atoms. The van der Waals surface area contributed by atoms with Crippen molar-refractivity contribution < 1.29 is 24.2 Å². The molecule has 0 aliphatic carbocycles. The summed E-state index contributed by atoms with van der Waals surface area (Å²) in [6.07, 6.45) is 86.5. The van der Waals surface area contributed by atoms with E-state index in [1.54, 1.807) is 0 Å². The van der Waals surface area contributed by atoms with Crippen LogP contribution in [-0.2, 0) is 19.1 Å².